The zero-order valence-corrected chi connectivity index (χ0v) is 22.6. The molecule has 0 unspecified atom stereocenters. The van der Waals surface area contributed by atoms with Crippen LogP contribution in [0, 0.1) is 10.1 Å². The zero-order chi connectivity index (χ0) is 28.0. The minimum Gasteiger partial charge on any atom is -0.378 e. The third-order valence-electron chi connectivity index (χ3n) is 6.03. The molecule has 1 aliphatic rings. The van der Waals surface area contributed by atoms with Crippen LogP contribution in [0.4, 0.5) is 17.1 Å². The predicted molar refractivity (Wildman–Crippen MR) is 150 cm³/mol. The van der Waals surface area contributed by atoms with Gasteiger partial charge in [0.2, 0.25) is 10.0 Å². The van der Waals surface area contributed by atoms with Crippen molar-refractivity contribution in [3.63, 3.8) is 0 Å². The molecule has 0 saturated carbocycles. The fourth-order valence-corrected chi connectivity index (χ4v) is 5.11. The van der Waals surface area contributed by atoms with Crippen molar-refractivity contribution in [3.05, 3.63) is 98.6 Å². The minimum absolute atomic E-state index is 0.0308. The number of hydrazone groups is 1. The number of carbonyl (C=O) groups excluding carboxylic acids is 1. The molecule has 0 aliphatic carbocycles. The summed E-state index contributed by atoms with van der Waals surface area (Å²) < 4.78 is 31.5. The van der Waals surface area contributed by atoms with E-state index in [4.69, 9.17) is 16.3 Å². The van der Waals surface area contributed by atoms with Gasteiger partial charge in [0.05, 0.1) is 42.8 Å². The van der Waals surface area contributed by atoms with Crippen molar-refractivity contribution in [2.75, 3.05) is 41.8 Å². The lowest BCUT2D eigenvalue weighted by Crippen LogP contribution is -2.36. The van der Waals surface area contributed by atoms with Crippen LogP contribution in [-0.2, 0) is 21.3 Å². The second-order valence-corrected chi connectivity index (χ2v) is 11.0. The number of nitrogens with zero attached hydrogens (tertiary/aromatic N) is 4. The number of hydrogen-bond donors (Lipinski definition) is 1. The van der Waals surface area contributed by atoms with Crippen molar-refractivity contribution in [2.24, 2.45) is 5.10 Å². The van der Waals surface area contributed by atoms with Crippen molar-refractivity contribution >= 4 is 50.8 Å². The van der Waals surface area contributed by atoms with Gasteiger partial charge in [-0.2, -0.15) is 5.10 Å². The molecule has 1 aliphatic heterocycles. The number of halogens is 1. The normalized spacial score (nSPS) is 13.8. The number of amides is 1. The summed E-state index contributed by atoms with van der Waals surface area (Å²) in [7, 11) is -3.64. The number of sulfonamides is 1. The third-order valence-corrected chi connectivity index (χ3v) is 7.54. The van der Waals surface area contributed by atoms with E-state index in [1.807, 2.05) is 4.90 Å². The zero-order valence-electron chi connectivity index (χ0n) is 21.0. The number of ether oxygens (including phenoxy) is 1. The first kappa shape index (κ1) is 28.0. The van der Waals surface area contributed by atoms with Crippen LogP contribution in [0.3, 0.4) is 0 Å². The fraction of sp³-hybridized carbons (Fsp3) is 0.231. The number of morpholine rings is 1. The number of non-ortho nitro benzene ring substituents is 1. The Balaban J connectivity index is 1.49. The molecule has 39 heavy (non-hydrogen) atoms. The van der Waals surface area contributed by atoms with Gasteiger partial charge in [0, 0.05) is 47.1 Å². The van der Waals surface area contributed by atoms with E-state index in [2.05, 4.69) is 10.5 Å². The van der Waals surface area contributed by atoms with E-state index in [0.29, 0.717) is 48.1 Å². The average Bonchev–Trinajstić information content (AvgIpc) is 2.92. The highest BCUT2D eigenvalue weighted by atomic mass is 35.5. The minimum atomic E-state index is -3.64. The van der Waals surface area contributed by atoms with Gasteiger partial charge in [-0.25, -0.2) is 13.8 Å². The molecule has 3 aromatic rings. The molecule has 13 heteroatoms. The molecular formula is C26H26ClN5O6S. The highest BCUT2D eigenvalue weighted by Gasteiger charge is 2.20. The molecule has 0 aromatic heterocycles. The number of nitro groups is 1. The Kier molecular flexibility index (Phi) is 8.79. The molecule has 204 valence electrons. The van der Waals surface area contributed by atoms with Gasteiger partial charge in [0.15, 0.2) is 0 Å². The van der Waals surface area contributed by atoms with Crippen molar-refractivity contribution in [1.82, 2.24) is 5.43 Å². The summed E-state index contributed by atoms with van der Waals surface area (Å²) in [5.41, 5.74) is 4.79. The van der Waals surface area contributed by atoms with Crippen LogP contribution in [0.25, 0.3) is 0 Å². The third kappa shape index (κ3) is 7.11. The van der Waals surface area contributed by atoms with Crippen molar-refractivity contribution in [2.45, 2.75) is 6.54 Å². The van der Waals surface area contributed by atoms with Crippen LogP contribution in [0.15, 0.2) is 71.8 Å². The molecule has 1 amide bonds. The molecule has 0 spiro atoms. The van der Waals surface area contributed by atoms with Crippen molar-refractivity contribution in [3.8, 4) is 0 Å². The number of anilines is 2. The molecule has 1 heterocycles. The Morgan fingerprint density at radius 1 is 1.15 bits per heavy atom. The maximum absolute atomic E-state index is 12.7. The van der Waals surface area contributed by atoms with E-state index < -0.39 is 20.9 Å². The lowest BCUT2D eigenvalue weighted by molar-refractivity contribution is -0.384. The van der Waals surface area contributed by atoms with Gasteiger partial charge < -0.3 is 9.64 Å². The Morgan fingerprint density at radius 2 is 1.85 bits per heavy atom. The molecule has 1 saturated heterocycles. The van der Waals surface area contributed by atoms with Crippen LogP contribution >= 0.6 is 11.6 Å². The standard InChI is InChI=1S/C26H26ClN5O6S/c1-39(36,37)31(18-20-4-2-3-5-24(20)27)22-8-6-19(7-9-22)26(33)29-28-17-21-16-23(32(34)35)10-11-25(21)30-12-14-38-15-13-30/h2-11,16-17H,12-15,18H2,1H3,(H,29,33)/b28-17+. The van der Waals surface area contributed by atoms with Gasteiger partial charge in [-0.3, -0.25) is 19.2 Å². The highest BCUT2D eigenvalue weighted by molar-refractivity contribution is 7.92. The second-order valence-electron chi connectivity index (χ2n) is 8.71. The number of carbonyl (C=O) groups is 1. The van der Waals surface area contributed by atoms with E-state index in [1.54, 1.807) is 30.3 Å². The van der Waals surface area contributed by atoms with Crippen LogP contribution in [0.5, 0.6) is 0 Å². The summed E-state index contributed by atoms with van der Waals surface area (Å²) in [6, 6.07) is 17.4. The van der Waals surface area contributed by atoms with Crippen molar-refractivity contribution in [1.29, 1.82) is 0 Å². The molecular weight excluding hydrogens is 546 g/mol. The first-order chi connectivity index (χ1) is 18.6. The predicted octanol–water partition coefficient (Wildman–Crippen LogP) is 3.81. The van der Waals surface area contributed by atoms with Crippen molar-refractivity contribution < 1.29 is 22.9 Å². The smallest absolute Gasteiger partial charge is 0.271 e. The van der Waals surface area contributed by atoms with Gasteiger partial charge in [0.25, 0.3) is 11.6 Å². The summed E-state index contributed by atoms with van der Waals surface area (Å²) in [6.45, 7) is 2.35. The molecule has 0 atom stereocenters. The van der Waals surface area contributed by atoms with E-state index in [0.717, 1.165) is 11.9 Å². The lowest BCUT2D eigenvalue weighted by atomic mass is 10.1. The van der Waals surface area contributed by atoms with Gasteiger partial charge in [-0.05, 0) is 42.0 Å². The van der Waals surface area contributed by atoms with E-state index in [1.165, 1.54) is 46.9 Å². The topological polar surface area (TPSA) is 134 Å². The Labute approximate surface area is 230 Å². The van der Waals surface area contributed by atoms with Gasteiger partial charge in [0.1, 0.15) is 0 Å². The quantitative estimate of drug-likeness (QED) is 0.234. The summed E-state index contributed by atoms with van der Waals surface area (Å²) in [5.74, 6) is -0.534. The largest absolute Gasteiger partial charge is 0.378 e. The molecule has 1 N–H and O–H groups in total. The summed E-state index contributed by atoms with van der Waals surface area (Å²) in [6.07, 6.45) is 2.46. The number of benzene rings is 3. The van der Waals surface area contributed by atoms with Gasteiger partial charge in [-0.1, -0.05) is 29.8 Å². The molecule has 4 rings (SSSR count). The van der Waals surface area contributed by atoms with Crippen LogP contribution in [0.2, 0.25) is 5.02 Å². The van der Waals surface area contributed by atoms with E-state index in [9.17, 15) is 23.3 Å². The first-order valence-corrected chi connectivity index (χ1v) is 14.1. The van der Waals surface area contributed by atoms with Crippen LogP contribution < -0.4 is 14.6 Å². The van der Waals surface area contributed by atoms with E-state index in [-0.39, 0.29) is 17.8 Å². The fourth-order valence-electron chi connectivity index (χ4n) is 4.04. The maximum Gasteiger partial charge on any atom is 0.271 e. The maximum atomic E-state index is 12.7. The molecule has 0 bridgehead atoms. The molecule has 1 fully saturated rings. The lowest BCUT2D eigenvalue weighted by Gasteiger charge is -2.29. The molecule has 11 nitrogen and oxygen atoms in total. The SMILES string of the molecule is CS(=O)(=O)N(Cc1ccccc1Cl)c1ccc(C(=O)N/N=C/c2cc([N+](=O)[O-])ccc2N2CCOCC2)cc1. The summed E-state index contributed by atoms with van der Waals surface area (Å²) >= 11 is 6.21. The average molecular weight is 572 g/mol. The summed E-state index contributed by atoms with van der Waals surface area (Å²) in [5, 5.41) is 15.7. The number of rotatable bonds is 9. The Bertz CT molecular complexity index is 1490. The second kappa shape index (κ2) is 12.2. The molecule has 0 radical (unpaired) electrons. The molecule has 3 aromatic carbocycles. The summed E-state index contributed by atoms with van der Waals surface area (Å²) in [4.78, 5) is 25.5. The number of hydrogen-bond acceptors (Lipinski definition) is 8. The first-order valence-electron chi connectivity index (χ1n) is 11.9. The van der Waals surface area contributed by atoms with E-state index >= 15 is 0 Å². The van der Waals surface area contributed by atoms with Crippen LogP contribution in [-0.4, -0.2) is 58.0 Å². The monoisotopic (exact) mass is 571 g/mol. The van der Waals surface area contributed by atoms with Gasteiger partial charge in [-0.15, -0.1) is 0 Å². The number of nitrogens with one attached hydrogen (secondary N) is 1. The highest BCUT2D eigenvalue weighted by Crippen LogP contribution is 2.26. The van der Waals surface area contributed by atoms with Crippen LogP contribution in [0.1, 0.15) is 21.5 Å². The van der Waals surface area contributed by atoms with Gasteiger partial charge >= 0.3 is 0 Å². The number of nitro benzene ring substituents is 1. The Hall–Kier alpha value is -4.00. The Morgan fingerprint density at radius 3 is 2.49 bits per heavy atom.